The topological polar surface area (TPSA) is 0 Å². The summed E-state index contributed by atoms with van der Waals surface area (Å²) in [6, 6.07) is 0. The number of rotatable bonds is 9. The van der Waals surface area contributed by atoms with Crippen LogP contribution in [0.3, 0.4) is 0 Å². The molecule has 0 aromatic carbocycles. The summed E-state index contributed by atoms with van der Waals surface area (Å²) < 4.78 is 0. The number of hydrogen-bond acceptors (Lipinski definition) is 0. The minimum absolute atomic E-state index is 0. The van der Waals surface area contributed by atoms with Crippen molar-refractivity contribution in [3.05, 3.63) is 12.7 Å². The Bertz CT molecular complexity index is 103. The fourth-order valence-electron chi connectivity index (χ4n) is 1.42. The van der Waals surface area contributed by atoms with Gasteiger partial charge in [0.15, 0.2) is 0 Å². The van der Waals surface area contributed by atoms with Crippen molar-refractivity contribution in [1.82, 2.24) is 0 Å². The van der Waals surface area contributed by atoms with Crippen molar-refractivity contribution in [2.45, 2.75) is 64.7 Å². The quantitative estimate of drug-likeness (QED) is 0.216. The summed E-state index contributed by atoms with van der Waals surface area (Å²) >= 11 is 0. The molecular formula is C12H24Cl4Pt. The monoisotopic (exact) mass is 503 g/mol. The van der Waals surface area contributed by atoms with Crippen LogP contribution in [-0.4, -0.2) is 0 Å². The van der Waals surface area contributed by atoms with Gasteiger partial charge in [-0.2, -0.15) is 0 Å². The molecule has 17 heavy (non-hydrogen) atoms. The molecule has 0 spiro atoms. The molecule has 0 aliphatic heterocycles. The van der Waals surface area contributed by atoms with Crippen LogP contribution in [0.25, 0.3) is 0 Å². The van der Waals surface area contributed by atoms with Gasteiger partial charge in [0.05, 0.1) is 0 Å². The van der Waals surface area contributed by atoms with Crippen LogP contribution in [0.4, 0.5) is 0 Å². The summed E-state index contributed by atoms with van der Waals surface area (Å²) in [7, 11) is 0. The maximum atomic E-state index is 3.72. The molecule has 0 nitrogen and oxygen atoms in total. The average Bonchev–Trinajstić information content (AvgIpc) is 2.10. The third kappa shape index (κ3) is 38.1. The van der Waals surface area contributed by atoms with Gasteiger partial charge in [-0.05, 0) is 12.8 Å². The molecule has 0 rings (SSSR count). The summed E-state index contributed by atoms with van der Waals surface area (Å²) in [6.07, 6.45) is 14.5. The van der Waals surface area contributed by atoms with E-state index in [9.17, 15) is 0 Å². The van der Waals surface area contributed by atoms with E-state index in [0.717, 1.165) is 0 Å². The van der Waals surface area contributed by atoms with Gasteiger partial charge in [-0.3, -0.25) is 0 Å². The van der Waals surface area contributed by atoms with Crippen molar-refractivity contribution in [2.75, 3.05) is 0 Å². The van der Waals surface area contributed by atoms with Crippen molar-refractivity contribution >= 4 is 0 Å². The minimum atomic E-state index is 0. The van der Waals surface area contributed by atoms with E-state index < -0.39 is 0 Å². The summed E-state index contributed by atoms with van der Waals surface area (Å²) in [5, 5.41) is 0. The van der Waals surface area contributed by atoms with E-state index in [1.165, 1.54) is 57.8 Å². The van der Waals surface area contributed by atoms with Crippen LogP contribution in [-0.2, 0) is 21.1 Å². The Kier molecular flexibility index (Phi) is 76.9. The molecule has 5 heteroatoms. The van der Waals surface area contributed by atoms with Crippen LogP contribution in [0.2, 0.25) is 0 Å². The second-order valence-electron chi connectivity index (χ2n) is 3.55. The first-order chi connectivity index (χ1) is 5.91. The molecule has 0 radical (unpaired) electrons. The van der Waals surface area contributed by atoms with Gasteiger partial charge in [-0.1, -0.05) is 57.9 Å². The van der Waals surface area contributed by atoms with Crippen molar-refractivity contribution in [3.63, 3.8) is 0 Å². The van der Waals surface area contributed by atoms with Crippen LogP contribution in [0.1, 0.15) is 64.7 Å². The van der Waals surface area contributed by atoms with Gasteiger partial charge in [-0.25, -0.2) is 0 Å². The Balaban J connectivity index is -0.0000000605. The Labute approximate surface area is 147 Å². The predicted molar refractivity (Wildman–Crippen MR) is 57.4 cm³/mol. The number of allylic oxidation sites excluding steroid dienone is 1. The predicted octanol–water partition coefficient (Wildman–Crippen LogP) is -7.28. The van der Waals surface area contributed by atoms with E-state index in [1.54, 1.807) is 0 Å². The van der Waals surface area contributed by atoms with Crippen molar-refractivity contribution in [1.29, 1.82) is 0 Å². The van der Waals surface area contributed by atoms with Gasteiger partial charge < -0.3 is 49.6 Å². The Morgan fingerprint density at radius 1 is 0.706 bits per heavy atom. The number of hydrogen-bond donors (Lipinski definition) is 0. The van der Waals surface area contributed by atoms with Crippen LogP contribution in [0, 0.1) is 0 Å². The first kappa shape index (κ1) is 36.3. The van der Waals surface area contributed by atoms with E-state index in [-0.39, 0.29) is 70.7 Å². The zero-order valence-electron chi connectivity index (χ0n) is 10.5. The van der Waals surface area contributed by atoms with Gasteiger partial charge in [-0.15, -0.1) is 6.58 Å². The molecule has 0 fully saturated rings. The third-order valence-corrected chi connectivity index (χ3v) is 2.26. The van der Waals surface area contributed by atoms with Gasteiger partial charge in [0, 0.05) is 0 Å². The normalized spacial score (nSPS) is 7.12. The molecule has 0 saturated carbocycles. The average molecular weight is 505 g/mol. The van der Waals surface area contributed by atoms with Gasteiger partial charge in [0.25, 0.3) is 0 Å². The molecule has 0 bridgehead atoms. The summed E-state index contributed by atoms with van der Waals surface area (Å²) in [5.41, 5.74) is 0. The second kappa shape index (κ2) is 36.0. The molecule has 0 aliphatic rings. The van der Waals surface area contributed by atoms with Crippen molar-refractivity contribution < 1.29 is 70.7 Å². The smallest absolute Gasteiger partial charge is 1.00 e. The fraction of sp³-hybridized carbons (Fsp3) is 0.833. The standard InChI is InChI=1S/C12H24.4ClH.Pt/c1-3-5-7-9-11-12-10-8-6-4-2;;;;;/h3H,1,4-12H2,2H3;4*1H;/q;;;;;+4/p-4. The van der Waals surface area contributed by atoms with Crippen LogP contribution >= 0.6 is 0 Å². The molecule has 110 valence electrons. The minimum Gasteiger partial charge on any atom is -1.00 e. The summed E-state index contributed by atoms with van der Waals surface area (Å²) in [6.45, 7) is 5.99. The van der Waals surface area contributed by atoms with E-state index in [1.807, 2.05) is 6.08 Å². The van der Waals surface area contributed by atoms with Crippen molar-refractivity contribution in [3.8, 4) is 0 Å². The molecule has 0 aliphatic carbocycles. The zero-order chi connectivity index (χ0) is 9.07. The van der Waals surface area contributed by atoms with E-state index >= 15 is 0 Å². The second-order valence-corrected chi connectivity index (χ2v) is 3.55. The fourth-order valence-corrected chi connectivity index (χ4v) is 1.42. The Morgan fingerprint density at radius 2 is 1.06 bits per heavy atom. The molecule has 0 amide bonds. The first-order valence-corrected chi connectivity index (χ1v) is 5.52. The Morgan fingerprint density at radius 3 is 1.41 bits per heavy atom. The van der Waals surface area contributed by atoms with Crippen LogP contribution in [0.15, 0.2) is 12.7 Å². The van der Waals surface area contributed by atoms with E-state index in [4.69, 9.17) is 0 Å². The largest absolute Gasteiger partial charge is 4.00 e. The van der Waals surface area contributed by atoms with Crippen LogP contribution in [0.5, 0.6) is 0 Å². The molecule has 0 atom stereocenters. The van der Waals surface area contributed by atoms with Gasteiger partial charge in [0.1, 0.15) is 0 Å². The molecule has 0 saturated heterocycles. The summed E-state index contributed by atoms with van der Waals surface area (Å²) in [4.78, 5) is 0. The van der Waals surface area contributed by atoms with Gasteiger partial charge >= 0.3 is 21.1 Å². The van der Waals surface area contributed by atoms with E-state index in [2.05, 4.69) is 13.5 Å². The summed E-state index contributed by atoms with van der Waals surface area (Å²) in [5.74, 6) is 0. The Hall–Kier alpha value is 1.59. The first-order valence-electron chi connectivity index (χ1n) is 5.52. The molecule has 0 aromatic heterocycles. The molecule has 0 unspecified atom stereocenters. The van der Waals surface area contributed by atoms with Crippen LogP contribution < -0.4 is 49.6 Å². The third-order valence-electron chi connectivity index (χ3n) is 2.26. The maximum absolute atomic E-state index is 3.72. The zero-order valence-corrected chi connectivity index (χ0v) is 15.8. The van der Waals surface area contributed by atoms with Crippen molar-refractivity contribution in [2.24, 2.45) is 0 Å². The molecule has 0 heterocycles. The number of halogens is 4. The SMILES string of the molecule is C=CCCCCCCCCCC.[Cl-].[Cl-].[Cl-].[Cl-].[Pt+4]. The molecule has 0 N–H and O–H groups in total. The number of unbranched alkanes of at least 4 members (excludes halogenated alkanes) is 8. The molecular weight excluding hydrogens is 481 g/mol. The molecule has 0 aromatic rings. The van der Waals surface area contributed by atoms with E-state index in [0.29, 0.717) is 0 Å². The van der Waals surface area contributed by atoms with Gasteiger partial charge in [0.2, 0.25) is 0 Å². The maximum Gasteiger partial charge on any atom is 4.00 e.